The van der Waals surface area contributed by atoms with Crippen LogP contribution in [0.25, 0.3) is 0 Å². The second-order valence-corrected chi connectivity index (χ2v) is 6.46. The van der Waals surface area contributed by atoms with Crippen LogP contribution in [0.15, 0.2) is 52.5 Å². The highest BCUT2D eigenvalue weighted by molar-refractivity contribution is 7.89. The van der Waals surface area contributed by atoms with Crippen LogP contribution in [0.2, 0.25) is 5.02 Å². The summed E-state index contributed by atoms with van der Waals surface area (Å²) in [5.74, 6) is 0.747. The SMILES string of the molecule is COc1ccc(S(=O)(=O)N/N=C/c2ccccc2Cl)cc1OC. The Morgan fingerprint density at radius 3 is 2.43 bits per heavy atom. The van der Waals surface area contributed by atoms with E-state index in [9.17, 15) is 8.42 Å². The van der Waals surface area contributed by atoms with Crippen molar-refractivity contribution in [2.75, 3.05) is 14.2 Å². The molecule has 2 aromatic carbocycles. The average Bonchev–Trinajstić information content (AvgIpc) is 2.55. The molecule has 0 saturated heterocycles. The Balaban J connectivity index is 2.21. The van der Waals surface area contributed by atoms with Gasteiger partial charge in [0.05, 0.1) is 25.3 Å². The molecule has 0 bridgehead atoms. The predicted molar refractivity (Wildman–Crippen MR) is 88.9 cm³/mol. The first-order valence-corrected chi connectivity index (χ1v) is 8.35. The summed E-state index contributed by atoms with van der Waals surface area (Å²) in [6, 6.07) is 11.2. The number of halogens is 1. The van der Waals surface area contributed by atoms with Gasteiger partial charge in [0.1, 0.15) is 0 Å². The Labute approximate surface area is 139 Å². The van der Waals surface area contributed by atoms with E-state index in [0.29, 0.717) is 22.1 Å². The number of rotatable bonds is 6. The van der Waals surface area contributed by atoms with Crippen LogP contribution in [-0.2, 0) is 10.0 Å². The van der Waals surface area contributed by atoms with Crippen LogP contribution in [0.3, 0.4) is 0 Å². The molecule has 0 radical (unpaired) electrons. The van der Waals surface area contributed by atoms with Crippen molar-refractivity contribution in [1.82, 2.24) is 4.83 Å². The minimum atomic E-state index is -3.83. The summed E-state index contributed by atoms with van der Waals surface area (Å²) in [5, 5.41) is 4.20. The third-order valence-electron chi connectivity index (χ3n) is 2.95. The van der Waals surface area contributed by atoms with E-state index in [1.807, 2.05) is 0 Å². The fraction of sp³-hybridized carbons (Fsp3) is 0.133. The number of nitrogens with one attached hydrogen (secondary N) is 1. The van der Waals surface area contributed by atoms with Crippen molar-refractivity contribution in [3.63, 3.8) is 0 Å². The molecular formula is C15H15ClN2O4S. The molecule has 0 amide bonds. The maximum absolute atomic E-state index is 12.2. The lowest BCUT2D eigenvalue weighted by atomic mass is 10.2. The largest absolute Gasteiger partial charge is 0.493 e. The van der Waals surface area contributed by atoms with E-state index in [-0.39, 0.29) is 4.90 Å². The van der Waals surface area contributed by atoms with Gasteiger partial charge in [-0.2, -0.15) is 13.5 Å². The van der Waals surface area contributed by atoms with Gasteiger partial charge in [0.15, 0.2) is 11.5 Å². The summed E-state index contributed by atoms with van der Waals surface area (Å²) in [6.07, 6.45) is 1.33. The Morgan fingerprint density at radius 2 is 1.78 bits per heavy atom. The molecule has 8 heteroatoms. The number of methoxy groups -OCH3 is 2. The summed E-state index contributed by atoms with van der Waals surface area (Å²) in [4.78, 5) is 2.13. The van der Waals surface area contributed by atoms with Crippen molar-refractivity contribution < 1.29 is 17.9 Å². The molecule has 0 fully saturated rings. The zero-order valence-corrected chi connectivity index (χ0v) is 14.1. The molecule has 0 spiro atoms. The van der Waals surface area contributed by atoms with Gasteiger partial charge in [-0.05, 0) is 18.2 Å². The highest BCUT2D eigenvalue weighted by Gasteiger charge is 2.16. The molecule has 1 N–H and O–H groups in total. The van der Waals surface area contributed by atoms with Crippen LogP contribution in [0.5, 0.6) is 11.5 Å². The van der Waals surface area contributed by atoms with Crippen LogP contribution in [0, 0.1) is 0 Å². The maximum Gasteiger partial charge on any atom is 0.276 e. The standard InChI is InChI=1S/C15H15ClN2O4S/c1-21-14-8-7-12(9-15(14)22-2)23(19,20)18-17-10-11-5-3-4-6-13(11)16/h3-10,18H,1-2H3/b17-10+. The lowest BCUT2D eigenvalue weighted by Crippen LogP contribution is -2.18. The van der Waals surface area contributed by atoms with Crippen molar-refractivity contribution >= 4 is 27.8 Å². The summed E-state index contributed by atoms with van der Waals surface area (Å²) < 4.78 is 34.6. The molecule has 2 aromatic rings. The molecule has 0 aliphatic carbocycles. The molecule has 2 rings (SSSR count). The lowest BCUT2D eigenvalue weighted by Gasteiger charge is -2.09. The summed E-state index contributed by atoms with van der Waals surface area (Å²) in [5.41, 5.74) is 0.601. The third-order valence-corrected chi connectivity index (χ3v) is 4.51. The zero-order chi connectivity index (χ0) is 16.9. The molecule has 0 aliphatic heterocycles. The van der Waals surface area contributed by atoms with E-state index >= 15 is 0 Å². The van der Waals surface area contributed by atoms with Crippen LogP contribution in [0.4, 0.5) is 0 Å². The first-order chi connectivity index (χ1) is 11.0. The number of hydrazone groups is 1. The van der Waals surface area contributed by atoms with E-state index < -0.39 is 10.0 Å². The predicted octanol–water partition coefficient (Wildman–Crippen LogP) is 2.67. The number of sulfonamides is 1. The van der Waals surface area contributed by atoms with Gasteiger partial charge >= 0.3 is 0 Å². The maximum atomic E-state index is 12.2. The van der Waals surface area contributed by atoms with Gasteiger partial charge in [-0.15, -0.1) is 0 Å². The minimum Gasteiger partial charge on any atom is -0.493 e. The summed E-state index contributed by atoms with van der Waals surface area (Å²) >= 11 is 5.97. The van der Waals surface area contributed by atoms with Gasteiger partial charge in [0.25, 0.3) is 10.0 Å². The molecule has 122 valence electrons. The van der Waals surface area contributed by atoms with Crippen molar-refractivity contribution in [3.05, 3.63) is 53.1 Å². The Bertz CT molecular complexity index is 822. The number of nitrogens with zero attached hydrogens (tertiary/aromatic N) is 1. The second kappa shape index (κ2) is 7.34. The highest BCUT2D eigenvalue weighted by atomic mass is 35.5. The van der Waals surface area contributed by atoms with Crippen molar-refractivity contribution in [2.45, 2.75) is 4.90 Å². The first kappa shape index (κ1) is 17.1. The van der Waals surface area contributed by atoms with E-state index in [1.165, 1.54) is 38.6 Å². The molecule has 0 aromatic heterocycles. The van der Waals surface area contributed by atoms with Crippen LogP contribution in [-0.4, -0.2) is 28.9 Å². The molecular weight excluding hydrogens is 340 g/mol. The number of hydrogen-bond donors (Lipinski definition) is 1. The lowest BCUT2D eigenvalue weighted by molar-refractivity contribution is 0.354. The van der Waals surface area contributed by atoms with E-state index in [1.54, 1.807) is 24.3 Å². The average molecular weight is 355 g/mol. The molecule has 0 atom stereocenters. The van der Waals surface area contributed by atoms with Crippen molar-refractivity contribution in [1.29, 1.82) is 0 Å². The minimum absolute atomic E-state index is 0.00598. The highest BCUT2D eigenvalue weighted by Crippen LogP contribution is 2.29. The fourth-order valence-electron chi connectivity index (χ4n) is 1.78. The molecule has 23 heavy (non-hydrogen) atoms. The smallest absolute Gasteiger partial charge is 0.276 e. The number of benzene rings is 2. The van der Waals surface area contributed by atoms with Gasteiger partial charge in [-0.1, -0.05) is 29.8 Å². The molecule has 0 saturated carbocycles. The van der Waals surface area contributed by atoms with Crippen LogP contribution < -0.4 is 14.3 Å². The van der Waals surface area contributed by atoms with Gasteiger partial charge in [-0.25, -0.2) is 4.83 Å². The topological polar surface area (TPSA) is 77.0 Å². The van der Waals surface area contributed by atoms with Gasteiger partial charge in [0.2, 0.25) is 0 Å². The van der Waals surface area contributed by atoms with Crippen molar-refractivity contribution in [3.8, 4) is 11.5 Å². The zero-order valence-electron chi connectivity index (χ0n) is 12.5. The van der Waals surface area contributed by atoms with Crippen molar-refractivity contribution in [2.24, 2.45) is 5.10 Å². The molecule has 0 unspecified atom stereocenters. The van der Waals surface area contributed by atoms with Gasteiger partial charge in [-0.3, -0.25) is 0 Å². The summed E-state index contributed by atoms with van der Waals surface area (Å²) in [7, 11) is -0.929. The molecule has 6 nitrogen and oxygen atoms in total. The summed E-state index contributed by atoms with van der Waals surface area (Å²) in [6.45, 7) is 0. The van der Waals surface area contributed by atoms with Crippen LogP contribution in [0.1, 0.15) is 5.56 Å². The first-order valence-electron chi connectivity index (χ1n) is 6.49. The fourth-order valence-corrected chi connectivity index (χ4v) is 2.77. The van der Waals surface area contributed by atoms with Gasteiger partial charge < -0.3 is 9.47 Å². The Morgan fingerprint density at radius 1 is 1.09 bits per heavy atom. The third kappa shape index (κ3) is 4.14. The van der Waals surface area contributed by atoms with E-state index in [2.05, 4.69) is 9.93 Å². The quantitative estimate of drug-likeness (QED) is 0.639. The Kier molecular flexibility index (Phi) is 5.46. The number of hydrogen-bond acceptors (Lipinski definition) is 5. The number of ether oxygens (including phenoxy) is 2. The van der Waals surface area contributed by atoms with E-state index in [4.69, 9.17) is 21.1 Å². The normalized spacial score (nSPS) is 11.4. The second-order valence-electron chi connectivity index (χ2n) is 4.39. The Hall–Kier alpha value is -2.25. The molecule has 0 aliphatic rings. The van der Waals surface area contributed by atoms with Crippen LogP contribution >= 0.6 is 11.6 Å². The van der Waals surface area contributed by atoms with Gasteiger partial charge in [0, 0.05) is 16.7 Å². The monoisotopic (exact) mass is 354 g/mol. The molecule has 0 heterocycles. The van der Waals surface area contributed by atoms with E-state index in [0.717, 1.165) is 0 Å².